The zero-order chi connectivity index (χ0) is 16.4. The number of hydrogen-bond donors (Lipinski definition) is 1. The van der Waals surface area contributed by atoms with E-state index in [1.807, 2.05) is 11.0 Å². The van der Waals surface area contributed by atoms with E-state index in [0.29, 0.717) is 17.7 Å². The van der Waals surface area contributed by atoms with Gasteiger partial charge >= 0.3 is 0 Å². The van der Waals surface area contributed by atoms with Crippen LogP contribution in [0.2, 0.25) is 0 Å². The number of carbonyl (C=O) groups is 2. The molecular weight excluding hydrogens is 294 g/mol. The highest BCUT2D eigenvalue weighted by Gasteiger charge is 2.36. The van der Waals surface area contributed by atoms with Gasteiger partial charge in [-0.2, -0.15) is 0 Å². The Bertz CT molecular complexity index is 609. The van der Waals surface area contributed by atoms with Crippen molar-refractivity contribution in [1.82, 2.24) is 9.80 Å². The molecule has 0 unspecified atom stereocenters. The van der Waals surface area contributed by atoms with Crippen molar-refractivity contribution in [2.45, 2.75) is 25.4 Å². The SMILES string of the molecule is COCCN1CCC(N2Cc3cccc(C(N)=O)c3C2=O)CC1. The van der Waals surface area contributed by atoms with Gasteiger partial charge in [0.15, 0.2) is 0 Å². The number of ether oxygens (including phenoxy) is 1. The predicted octanol–water partition coefficient (Wildman–Crippen LogP) is 0.852. The number of nitrogens with two attached hydrogens (primary N) is 1. The molecule has 23 heavy (non-hydrogen) atoms. The van der Waals surface area contributed by atoms with Crippen LogP contribution in [-0.2, 0) is 11.3 Å². The maximum atomic E-state index is 12.8. The van der Waals surface area contributed by atoms with Gasteiger partial charge in [0.1, 0.15) is 0 Å². The third-order valence-electron chi connectivity index (χ3n) is 4.84. The summed E-state index contributed by atoms with van der Waals surface area (Å²) in [6.45, 7) is 4.19. The summed E-state index contributed by atoms with van der Waals surface area (Å²) < 4.78 is 5.12. The third kappa shape index (κ3) is 3.09. The standard InChI is InChI=1S/C17H23N3O3/c1-23-10-9-19-7-5-13(6-8-19)20-11-12-3-2-4-14(16(18)21)15(12)17(20)22/h2-4,13H,5-11H2,1H3,(H2,18,21). The summed E-state index contributed by atoms with van der Waals surface area (Å²) in [6.07, 6.45) is 1.91. The molecule has 1 saturated heterocycles. The molecule has 2 N–H and O–H groups in total. The van der Waals surface area contributed by atoms with E-state index in [0.717, 1.165) is 44.6 Å². The van der Waals surface area contributed by atoms with Crippen molar-refractivity contribution in [1.29, 1.82) is 0 Å². The van der Waals surface area contributed by atoms with Gasteiger partial charge in [-0.1, -0.05) is 12.1 Å². The second kappa shape index (κ2) is 6.68. The Morgan fingerprint density at radius 1 is 1.35 bits per heavy atom. The quantitative estimate of drug-likeness (QED) is 0.873. The van der Waals surface area contributed by atoms with E-state index in [9.17, 15) is 9.59 Å². The molecule has 0 saturated carbocycles. The van der Waals surface area contributed by atoms with Gasteiger partial charge in [0.25, 0.3) is 5.91 Å². The smallest absolute Gasteiger partial charge is 0.255 e. The van der Waals surface area contributed by atoms with Gasteiger partial charge in [-0.05, 0) is 24.5 Å². The number of piperidine rings is 1. The van der Waals surface area contributed by atoms with Crippen LogP contribution in [0.1, 0.15) is 39.1 Å². The van der Waals surface area contributed by atoms with Crippen LogP contribution in [0.3, 0.4) is 0 Å². The topological polar surface area (TPSA) is 75.9 Å². The summed E-state index contributed by atoms with van der Waals surface area (Å²) in [4.78, 5) is 28.6. The molecule has 1 aromatic carbocycles. The van der Waals surface area contributed by atoms with Crippen molar-refractivity contribution in [3.63, 3.8) is 0 Å². The Kier molecular flexibility index (Phi) is 4.63. The first-order chi connectivity index (χ1) is 11.1. The zero-order valence-corrected chi connectivity index (χ0v) is 13.5. The Morgan fingerprint density at radius 3 is 2.74 bits per heavy atom. The van der Waals surface area contributed by atoms with Crippen molar-refractivity contribution < 1.29 is 14.3 Å². The highest BCUT2D eigenvalue weighted by Crippen LogP contribution is 2.30. The number of methoxy groups -OCH3 is 1. The molecule has 0 spiro atoms. The first kappa shape index (κ1) is 16.0. The summed E-state index contributed by atoms with van der Waals surface area (Å²) in [7, 11) is 1.71. The molecule has 0 radical (unpaired) electrons. The van der Waals surface area contributed by atoms with Crippen molar-refractivity contribution >= 4 is 11.8 Å². The highest BCUT2D eigenvalue weighted by molar-refractivity contribution is 6.09. The van der Waals surface area contributed by atoms with Crippen LogP contribution < -0.4 is 5.73 Å². The molecule has 2 aliphatic heterocycles. The van der Waals surface area contributed by atoms with Crippen LogP contribution >= 0.6 is 0 Å². The number of nitrogens with zero attached hydrogens (tertiary/aromatic N) is 2. The molecule has 2 aliphatic rings. The molecule has 0 aliphatic carbocycles. The zero-order valence-electron chi connectivity index (χ0n) is 13.5. The van der Waals surface area contributed by atoms with Crippen LogP contribution in [0.25, 0.3) is 0 Å². The first-order valence-corrected chi connectivity index (χ1v) is 8.05. The summed E-state index contributed by atoms with van der Waals surface area (Å²) in [5.41, 5.74) is 7.16. The van der Waals surface area contributed by atoms with Crippen LogP contribution in [0.5, 0.6) is 0 Å². The Balaban J connectivity index is 1.69. The van der Waals surface area contributed by atoms with Crippen molar-refractivity contribution in [2.75, 3.05) is 33.4 Å². The van der Waals surface area contributed by atoms with E-state index in [-0.39, 0.29) is 11.9 Å². The monoisotopic (exact) mass is 317 g/mol. The molecule has 6 nitrogen and oxygen atoms in total. The minimum atomic E-state index is -0.536. The lowest BCUT2D eigenvalue weighted by atomic mass is 10.0. The predicted molar refractivity (Wildman–Crippen MR) is 86.2 cm³/mol. The third-order valence-corrected chi connectivity index (χ3v) is 4.84. The van der Waals surface area contributed by atoms with Gasteiger partial charge in [-0.15, -0.1) is 0 Å². The van der Waals surface area contributed by atoms with Gasteiger partial charge < -0.3 is 20.3 Å². The normalized spacial score (nSPS) is 19.2. The summed E-state index contributed by atoms with van der Waals surface area (Å²) in [5, 5.41) is 0. The molecule has 6 heteroatoms. The summed E-state index contributed by atoms with van der Waals surface area (Å²) >= 11 is 0. The van der Waals surface area contributed by atoms with Gasteiger partial charge in [0.2, 0.25) is 5.91 Å². The maximum Gasteiger partial charge on any atom is 0.255 e. The number of hydrogen-bond acceptors (Lipinski definition) is 4. The molecule has 3 rings (SSSR count). The minimum absolute atomic E-state index is 0.0512. The molecule has 0 bridgehead atoms. The number of carbonyl (C=O) groups excluding carboxylic acids is 2. The van der Waals surface area contributed by atoms with Crippen LogP contribution in [0.4, 0.5) is 0 Å². The van der Waals surface area contributed by atoms with Gasteiger partial charge in [-0.3, -0.25) is 9.59 Å². The molecule has 0 atom stereocenters. The van der Waals surface area contributed by atoms with Crippen LogP contribution in [0.15, 0.2) is 18.2 Å². The van der Waals surface area contributed by atoms with Crippen molar-refractivity contribution in [2.24, 2.45) is 5.73 Å². The van der Waals surface area contributed by atoms with E-state index in [2.05, 4.69) is 4.90 Å². The second-order valence-corrected chi connectivity index (χ2v) is 6.20. The number of benzene rings is 1. The highest BCUT2D eigenvalue weighted by atomic mass is 16.5. The largest absolute Gasteiger partial charge is 0.383 e. The number of primary amides is 1. The second-order valence-electron chi connectivity index (χ2n) is 6.20. The molecule has 2 heterocycles. The van der Waals surface area contributed by atoms with E-state index in [1.54, 1.807) is 19.2 Å². The first-order valence-electron chi connectivity index (χ1n) is 8.05. The summed E-state index contributed by atoms with van der Waals surface area (Å²) in [5.74, 6) is -0.587. The van der Waals surface area contributed by atoms with Crippen molar-refractivity contribution in [3.8, 4) is 0 Å². The Labute approximate surface area is 136 Å². The lowest BCUT2D eigenvalue weighted by molar-refractivity contribution is 0.0562. The molecule has 1 aromatic rings. The summed E-state index contributed by atoms with van der Waals surface area (Å²) in [6, 6.07) is 5.57. The van der Waals surface area contributed by atoms with E-state index in [4.69, 9.17) is 10.5 Å². The van der Waals surface area contributed by atoms with Gasteiger partial charge in [-0.25, -0.2) is 0 Å². The van der Waals surface area contributed by atoms with E-state index in [1.165, 1.54) is 0 Å². The van der Waals surface area contributed by atoms with Crippen LogP contribution in [-0.4, -0.2) is 61.0 Å². The average molecular weight is 317 g/mol. The number of rotatable bonds is 5. The fraction of sp³-hybridized carbons (Fsp3) is 0.529. The Morgan fingerprint density at radius 2 is 2.09 bits per heavy atom. The molecule has 124 valence electrons. The number of fused-ring (bicyclic) bond motifs is 1. The maximum absolute atomic E-state index is 12.8. The number of likely N-dealkylation sites (tertiary alicyclic amines) is 1. The molecule has 2 amide bonds. The minimum Gasteiger partial charge on any atom is -0.383 e. The van der Waals surface area contributed by atoms with Crippen LogP contribution in [0, 0.1) is 0 Å². The fourth-order valence-corrected chi connectivity index (χ4v) is 3.56. The van der Waals surface area contributed by atoms with E-state index >= 15 is 0 Å². The molecule has 0 aromatic heterocycles. The molecular formula is C17H23N3O3. The fourth-order valence-electron chi connectivity index (χ4n) is 3.56. The van der Waals surface area contributed by atoms with Crippen molar-refractivity contribution in [3.05, 3.63) is 34.9 Å². The Hall–Kier alpha value is -1.92. The van der Waals surface area contributed by atoms with Gasteiger partial charge in [0, 0.05) is 39.3 Å². The average Bonchev–Trinajstić information content (AvgIpc) is 2.90. The lowest BCUT2D eigenvalue weighted by Gasteiger charge is -2.36. The van der Waals surface area contributed by atoms with Gasteiger partial charge in [0.05, 0.1) is 17.7 Å². The van der Waals surface area contributed by atoms with E-state index < -0.39 is 5.91 Å². The number of amides is 2. The molecule has 1 fully saturated rings. The lowest BCUT2D eigenvalue weighted by Crippen LogP contribution is -2.45.